The van der Waals surface area contributed by atoms with Gasteiger partial charge in [0.25, 0.3) is 10.1 Å². The Morgan fingerprint density at radius 2 is 1.38 bits per heavy atom. The molecule has 1 aromatic carbocycles. The molecule has 4 nitrogen and oxygen atoms in total. The molecule has 0 saturated carbocycles. The number of unbranched alkanes of at least 4 members (excludes halogenated alkanes) is 9. The molecule has 24 heavy (non-hydrogen) atoms. The molecule has 0 radical (unpaired) electrons. The van der Waals surface area contributed by atoms with Crippen LogP contribution in [0.25, 0.3) is 0 Å². The van der Waals surface area contributed by atoms with Crippen molar-refractivity contribution in [1.29, 1.82) is 0 Å². The number of hydrogen-bond donors (Lipinski definition) is 1. The van der Waals surface area contributed by atoms with Crippen LogP contribution in [-0.4, -0.2) is 13.0 Å². The third kappa shape index (κ3) is 11.2. The molecule has 132 valence electrons. The fraction of sp³-hybridized carbons (Fsp3) is 0.667. The van der Waals surface area contributed by atoms with Gasteiger partial charge >= 0.3 is 51.4 Å². The second kappa shape index (κ2) is 13.7. The van der Waals surface area contributed by atoms with Gasteiger partial charge < -0.3 is 5.11 Å². The minimum absolute atomic E-state index is 0. The van der Waals surface area contributed by atoms with E-state index in [1.165, 1.54) is 63.5 Å². The largest absolute Gasteiger partial charge is 1.00 e. The second-order valence-corrected chi connectivity index (χ2v) is 7.64. The number of benzene rings is 1. The molecule has 0 spiro atoms. The summed E-state index contributed by atoms with van der Waals surface area (Å²) in [5.74, 6) is -0.373. The van der Waals surface area contributed by atoms with Crippen LogP contribution in [0.1, 0.15) is 76.7 Å². The number of hydrogen-bond acceptors (Lipinski definition) is 3. The Bertz CT molecular complexity index is 558. The minimum atomic E-state index is -4.30. The standard InChI is InChI=1S/C18H30O4S.K/c1-2-3-4-5-6-7-8-9-10-11-12-16-13-17(19)15-18(14-16)23(20,21)22;/h13-15,19H,2-12H2,1H3,(H,20,21,22);/q;+1/p-1. The van der Waals surface area contributed by atoms with Crippen LogP contribution >= 0.6 is 0 Å². The SMILES string of the molecule is CCCCCCCCCCCCc1cc([O-])cc(S(=O)(=O)O)c1.[K+]. The van der Waals surface area contributed by atoms with Gasteiger partial charge in [-0.05, 0) is 30.5 Å². The van der Waals surface area contributed by atoms with Gasteiger partial charge in [-0.15, -0.1) is 5.75 Å². The Balaban J connectivity index is 0.00000529. The van der Waals surface area contributed by atoms with Gasteiger partial charge in [-0.1, -0.05) is 70.8 Å². The minimum Gasteiger partial charge on any atom is -0.872 e. The zero-order chi connectivity index (χ0) is 17.1. The van der Waals surface area contributed by atoms with E-state index in [9.17, 15) is 13.5 Å². The van der Waals surface area contributed by atoms with E-state index in [0.717, 1.165) is 18.9 Å². The van der Waals surface area contributed by atoms with Crippen LogP contribution in [0.15, 0.2) is 23.1 Å². The van der Waals surface area contributed by atoms with E-state index in [1.807, 2.05) is 0 Å². The summed E-state index contributed by atoms with van der Waals surface area (Å²) in [6.45, 7) is 2.22. The quantitative estimate of drug-likeness (QED) is 0.338. The molecule has 0 atom stereocenters. The van der Waals surface area contributed by atoms with Gasteiger partial charge in [0.1, 0.15) is 0 Å². The van der Waals surface area contributed by atoms with E-state index in [0.29, 0.717) is 12.0 Å². The van der Waals surface area contributed by atoms with Gasteiger partial charge in [0.15, 0.2) is 0 Å². The monoisotopic (exact) mass is 380 g/mol. The molecule has 0 aromatic heterocycles. The maximum Gasteiger partial charge on any atom is 1.00 e. The molecule has 0 saturated heterocycles. The number of aryl methyl sites for hydroxylation is 1. The molecule has 1 aromatic rings. The van der Waals surface area contributed by atoms with Gasteiger partial charge in [0.2, 0.25) is 0 Å². The molecule has 0 bridgehead atoms. The average molecular weight is 381 g/mol. The first-order valence-electron chi connectivity index (χ1n) is 8.72. The molecule has 0 amide bonds. The van der Waals surface area contributed by atoms with Crippen molar-refractivity contribution in [3.63, 3.8) is 0 Å². The van der Waals surface area contributed by atoms with Gasteiger partial charge in [-0.2, -0.15) is 8.42 Å². The summed E-state index contributed by atoms with van der Waals surface area (Å²) in [6, 6.07) is 3.80. The van der Waals surface area contributed by atoms with Gasteiger partial charge in [-0.3, -0.25) is 4.55 Å². The first-order valence-corrected chi connectivity index (χ1v) is 10.2. The average Bonchev–Trinajstić information content (AvgIpc) is 2.48. The molecule has 0 heterocycles. The van der Waals surface area contributed by atoms with Crippen LogP contribution in [0, 0.1) is 0 Å². The van der Waals surface area contributed by atoms with Crippen molar-refractivity contribution in [2.45, 2.75) is 82.4 Å². The Morgan fingerprint density at radius 1 is 0.875 bits per heavy atom. The zero-order valence-corrected chi connectivity index (χ0v) is 19.0. The first-order chi connectivity index (χ1) is 10.9. The molecule has 1 N–H and O–H groups in total. The summed E-state index contributed by atoms with van der Waals surface area (Å²) in [5.41, 5.74) is 0.685. The van der Waals surface area contributed by atoms with E-state index in [1.54, 1.807) is 0 Å². The zero-order valence-electron chi connectivity index (χ0n) is 15.1. The Kier molecular flexibility index (Phi) is 14.1. The summed E-state index contributed by atoms with van der Waals surface area (Å²) >= 11 is 0. The van der Waals surface area contributed by atoms with Crippen LogP contribution in [0.4, 0.5) is 0 Å². The molecule has 6 heteroatoms. The van der Waals surface area contributed by atoms with E-state index >= 15 is 0 Å². The Labute approximate surface area is 189 Å². The van der Waals surface area contributed by atoms with Gasteiger partial charge in [0.05, 0.1) is 4.90 Å². The predicted octanol–water partition coefficient (Wildman–Crippen LogP) is 1.47. The Hall–Kier alpha value is 0.566. The van der Waals surface area contributed by atoms with Crippen LogP contribution < -0.4 is 56.5 Å². The second-order valence-electron chi connectivity index (χ2n) is 6.22. The van der Waals surface area contributed by atoms with Gasteiger partial charge in [-0.25, -0.2) is 0 Å². The van der Waals surface area contributed by atoms with E-state index in [4.69, 9.17) is 4.55 Å². The molecule has 1 rings (SSSR count). The van der Waals surface area contributed by atoms with Crippen LogP contribution in [0.3, 0.4) is 0 Å². The Morgan fingerprint density at radius 3 is 1.88 bits per heavy atom. The molecular formula is C18H29KO4S. The molecule has 0 fully saturated rings. The molecule has 0 aliphatic heterocycles. The molecule has 0 aliphatic carbocycles. The third-order valence-corrected chi connectivity index (χ3v) is 4.89. The van der Waals surface area contributed by atoms with Crippen LogP contribution in [-0.2, 0) is 16.5 Å². The first kappa shape index (κ1) is 24.6. The predicted molar refractivity (Wildman–Crippen MR) is 91.3 cm³/mol. The van der Waals surface area contributed by atoms with Crippen molar-refractivity contribution in [3.05, 3.63) is 23.8 Å². The normalized spacial score (nSPS) is 11.2. The fourth-order valence-corrected chi connectivity index (χ4v) is 3.31. The van der Waals surface area contributed by atoms with E-state index in [-0.39, 0.29) is 62.0 Å². The topological polar surface area (TPSA) is 77.4 Å². The molecular weight excluding hydrogens is 351 g/mol. The summed E-state index contributed by atoms with van der Waals surface area (Å²) in [4.78, 5) is -0.299. The van der Waals surface area contributed by atoms with Gasteiger partial charge in [0, 0.05) is 0 Å². The van der Waals surface area contributed by atoms with Crippen LogP contribution in [0.2, 0.25) is 0 Å². The molecule has 0 unspecified atom stereocenters. The van der Waals surface area contributed by atoms with Crippen molar-refractivity contribution in [2.75, 3.05) is 0 Å². The summed E-state index contributed by atoms with van der Waals surface area (Å²) in [5, 5.41) is 11.5. The van der Waals surface area contributed by atoms with Crippen molar-refractivity contribution in [3.8, 4) is 5.75 Å². The van der Waals surface area contributed by atoms with Crippen molar-refractivity contribution in [2.24, 2.45) is 0 Å². The van der Waals surface area contributed by atoms with Crippen molar-refractivity contribution >= 4 is 10.1 Å². The van der Waals surface area contributed by atoms with E-state index in [2.05, 4.69) is 6.92 Å². The summed E-state index contributed by atoms with van der Waals surface area (Å²) in [7, 11) is -4.30. The maximum atomic E-state index is 11.5. The van der Waals surface area contributed by atoms with Crippen LogP contribution in [0.5, 0.6) is 5.75 Å². The summed E-state index contributed by atoms with van der Waals surface area (Å²) < 4.78 is 31.2. The smallest absolute Gasteiger partial charge is 0.872 e. The summed E-state index contributed by atoms with van der Waals surface area (Å²) in [6.07, 6.45) is 13.0. The third-order valence-electron chi connectivity index (χ3n) is 4.06. The fourth-order valence-electron chi connectivity index (χ4n) is 2.74. The maximum absolute atomic E-state index is 11.5. The number of rotatable bonds is 12. The van der Waals surface area contributed by atoms with Crippen molar-refractivity contribution < 1.29 is 69.5 Å². The van der Waals surface area contributed by atoms with Crippen molar-refractivity contribution in [1.82, 2.24) is 0 Å². The van der Waals surface area contributed by atoms with E-state index < -0.39 is 10.1 Å². The molecule has 0 aliphatic rings.